The van der Waals surface area contributed by atoms with E-state index in [0.29, 0.717) is 6.04 Å². The van der Waals surface area contributed by atoms with Crippen LogP contribution in [0.3, 0.4) is 0 Å². The minimum Gasteiger partial charge on any atom is -0.495 e. The van der Waals surface area contributed by atoms with E-state index in [9.17, 15) is 0 Å². The second-order valence-corrected chi connectivity index (χ2v) is 8.69. The molecule has 28 heavy (non-hydrogen) atoms. The van der Waals surface area contributed by atoms with E-state index in [4.69, 9.17) is 4.74 Å². The maximum Gasteiger partial charge on any atom is 0.142 e. The summed E-state index contributed by atoms with van der Waals surface area (Å²) in [5, 5.41) is 0. The number of hydrogen-bond donors (Lipinski definition) is 0. The number of ether oxygens (including phenoxy) is 1. The van der Waals surface area contributed by atoms with Gasteiger partial charge in [-0.15, -0.1) is 11.3 Å². The lowest BCUT2D eigenvalue weighted by molar-refractivity contribution is 0.152. The minimum atomic E-state index is 0.688. The molecule has 0 spiro atoms. The van der Waals surface area contributed by atoms with Crippen molar-refractivity contribution >= 4 is 17.0 Å². The number of nitrogens with zero attached hydrogens (tertiary/aromatic N) is 4. The molecule has 2 aromatic rings. The smallest absolute Gasteiger partial charge is 0.142 e. The van der Waals surface area contributed by atoms with Crippen LogP contribution in [-0.2, 0) is 12.8 Å². The molecule has 5 nitrogen and oxygen atoms in total. The van der Waals surface area contributed by atoms with Gasteiger partial charge in [0.1, 0.15) is 5.75 Å². The van der Waals surface area contributed by atoms with Gasteiger partial charge in [0.25, 0.3) is 0 Å². The van der Waals surface area contributed by atoms with Crippen LogP contribution < -0.4 is 9.64 Å². The van der Waals surface area contributed by atoms with E-state index in [1.54, 1.807) is 7.11 Å². The minimum absolute atomic E-state index is 0.688. The Morgan fingerprint density at radius 1 is 1.21 bits per heavy atom. The predicted molar refractivity (Wildman–Crippen MR) is 117 cm³/mol. The predicted octanol–water partition coefficient (Wildman–Crippen LogP) is 3.15. The number of aromatic nitrogens is 1. The fraction of sp³-hybridized carbons (Fsp3) is 0.591. The first-order valence-corrected chi connectivity index (χ1v) is 11.4. The quantitative estimate of drug-likeness (QED) is 0.713. The van der Waals surface area contributed by atoms with Crippen LogP contribution in [-0.4, -0.2) is 73.7 Å². The molecule has 1 aromatic carbocycles. The zero-order valence-electron chi connectivity index (χ0n) is 17.1. The number of hydrogen-bond acceptors (Lipinski definition) is 6. The largest absolute Gasteiger partial charge is 0.495 e. The van der Waals surface area contributed by atoms with Crippen molar-refractivity contribution in [3.63, 3.8) is 0 Å². The molecule has 2 aliphatic rings. The van der Waals surface area contributed by atoms with Gasteiger partial charge in [-0.2, -0.15) is 0 Å². The van der Waals surface area contributed by atoms with Crippen LogP contribution >= 0.6 is 11.3 Å². The summed E-state index contributed by atoms with van der Waals surface area (Å²) in [6.45, 7) is 10.2. The van der Waals surface area contributed by atoms with E-state index in [1.165, 1.54) is 42.2 Å². The van der Waals surface area contributed by atoms with Crippen molar-refractivity contribution < 1.29 is 4.74 Å². The lowest BCUT2D eigenvalue weighted by Gasteiger charge is -2.39. The average Bonchev–Trinajstić information content (AvgIpc) is 3.23. The van der Waals surface area contributed by atoms with E-state index in [-0.39, 0.29) is 0 Å². The molecule has 0 radical (unpaired) electrons. The number of benzene rings is 1. The van der Waals surface area contributed by atoms with Crippen molar-refractivity contribution in [1.82, 2.24) is 14.8 Å². The average molecular weight is 401 g/mol. The Morgan fingerprint density at radius 3 is 2.82 bits per heavy atom. The van der Waals surface area contributed by atoms with Crippen molar-refractivity contribution in [1.29, 1.82) is 0 Å². The third-order valence-electron chi connectivity index (χ3n) is 6.28. The highest BCUT2D eigenvalue weighted by atomic mass is 32.1. The summed E-state index contributed by atoms with van der Waals surface area (Å²) in [4.78, 5) is 13.8. The summed E-state index contributed by atoms with van der Waals surface area (Å²) in [6, 6.07) is 9.05. The topological polar surface area (TPSA) is 31.8 Å². The van der Waals surface area contributed by atoms with Gasteiger partial charge in [-0.3, -0.25) is 9.80 Å². The van der Waals surface area contributed by atoms with Crippen molar-refractivity contribution in [3.05, 3.63) is 40.3 Å². The molecule has 6 heteroatoms. The molecular weight excluding hydrogens is 368 g/mol. The highest BCUT2D eigenvalue weighted by Gasteiger charge is 2.26. The molecule has 0 amide bonds. The van der Waals surface area contributed by atoms with Crippen LogP contribution in [0.2, 0.25) is 0 Å². The van der Waals surface area contributed by atoms with E-state index >= 15 is 0 Å². The summed E-state index contributed by atoms with van der Waals surface area (Å²) >= 11 is 1.84. The number of rotatable bonds is 7. The van der Waals surface area contributed by atoms with Gasteiger partial charge in [0, 0.05) is 50.2 Å². The van der Waals surface area contributed by atoms with Crippen molar-refractivity contribution in [3.8, 4) is 5.75 Å². The molecule has 1 unspecified atom stereocenters. The van der Waals surface area contributed by atoms with Gasteiger partial charge in [0.05, 0.1) is 24.0 Å². The first-order valence-electron chi connectivity index (χ1n) is 10.5. The van der Waals surface area contributed by atoms with Gasteiger partial charge in [-0.05, 0) is 37.9 Å². The number of fused-ring (bicyclic) bond motifs is 1. The Kier molecular flexibility index (Phi) is 6.50. The fourth-order valence-corrected chi connectivity index (χ4v) is 5.45. The number of methoxy groups -OCH3 is 1. The molecule has 0 saturated carbocycles. The normalized spacial score (nSPS) is 20.4. The van der Waals surface area contributed by atoms with E-state index in [2.05, 4.69) is 44.8 Å². The molecule has 152 valence electrons. The molecule has 1 aliphatic heterocycles. The third-order valence-corrected chi connectivity index (χ3v) is 7.18. The van der Waals surface area contributed by atoms with Crippen molar-refractivity contribution in [2.75, 3.05) is 57.8 Å². The molecule has 1 aromatic heterocycles. The molecule has 1 atom stereocenters. The molecule has 1 fully saturated rings. The number of likely N-dealkylation sites (N-methyl/N-ethyl adjacent to an activating group) is 1. The highest BCUT2D eigenvalue weighted by molar-refractivity contribution is 7.09. The lowest BCUT2D eigenvalue weighted by atomic mass is 9.96. The van der Waals surface area contributed by atoms with Gasteiger partial charge in [-0.25, -0.2) is 4.98 Å². The number of aryl methyl sites for hydroxylation is 1. The monoisotopic (exact) mass is 400 g/mol. The Balaban J connectivity index is 1.27. The van der Waals surface area contributed by atoms with Gasteiger partial charge in [0.2, 0.25) is 0 Å². The summed E-state index contributed by atoms with van der Waals surface area (Å²) in [7, 11) is 1.76. The Bertz CT molecular complexity index is 756. The van der Waals surface area contributed by atoms with Crippen LogP contribution in [0.25, 0.3) is 0 Å². The van der Waals surface area contributed by atoms with Gasteiger partial charge >= 0.3 is 0 Å². The van der Waals surface area contributed by atoms with E-state index in [0.717, 1.165) is 44.9 Å². The number of thiazole rings is 1. The Labute approximate surface area is 172 Å². The van der Waals surface area contributed by atoms with Crippen LogP contribution in [0.5, 0.6) is 5.75 Å². The second kappa shape index (κ2) is 9.25. The molecule has 1 aliphatic carbocycles. The van der Waals surface area contributed by atoms with Gasteiger partial charge in [-0.1, -0.05) is 19.1 Å². The highest BCUT2D eigenvalue weighted by Crippen LogP contribution is 2.29. The maximum atomic E-state index is 5.54. The van der Waals surface area contributed by atoms with Gasteiger partial charge < -0.3 is 9.64 Å². The van der Waals surface area contributed by atoms with Crippen molar-refractivity contribution in [2.24, 2.45) is 0 Å². The van der Waals surface area contributed by atoms with Crippen LogP contribution in [0, 0.1) is 0 Å². The Hall–Kier alpha value is -1.63. The fourth-order valence-electron chi connectivity index (χ4n) is 4.57. The Morgan fingerprint density at radius 2 is 2.04 bits per heavy atom. The zero-order chi connectivity index (χ0) is 19.3. The second-order valence-electron chi connectivity index (χ2n) is 7.75. The molecule has 4 rings (SSSR count). The molecule has 2 heterocycles. The standard InChI is InChI=1S/C22H32N4OS/c1-3-25(18-8-9-19-22(16-18)28-17-23-19)13-10-24-11-14-26(15-12-24)20-6-4-5-7-21(20)27-2/h4-7,17-18H,3,8-16H2,1-2H3. The van der Waals surface area contributed by atoms with Crippen LogP contribution in [0.15, 0.2) is 29.8 Å². The van der Waals surface area contributed by atoms with E-state index in [1.807, 2.05) is 22.9 Å². The maximum absolute atomic E-state index is 5.54. The first kappa shape index (κ1) is 19.7. The first-order chi connectivity index (χ1) is 13.8. The van der Waals surface area contributed by atoms with Gasteiger partial charge in [0.15, 0.2) is 0 Å². The van der Waals surface area contributed by atoms with E-state index < -0.39 is 0 Å². The summed E-state index contributed by atoms with van der Waals surface area (Å²) in [5.74, 6) is 0.979. The van der Waals surface area contributed by atoms with Crippen LogP contribution in [0.4, 0.5) is 5.69 Å². The number of piperazine rings is 1. The van der Waals surface area contributed by atoms with Crippen molar-refractivity contribution in [2.45, 2.75) is 32.2 Å². The summed E-state index contributed by atoms with van der Waals surface area (Å²) < 4.78 is 5.54. The molecule has 1 saturated heterocycles. The SMILES string of the molecule is CCN(CCN1CCN(c2ccccc2OC)CC1)C1CCc2ncsc2C1. The van der Waals surface area contributed by atoms with Crippen LogP contribution in [0.1, 0.15) is 23.9 Å². The molecule has 0 bridgehead atoms. The third kappa shape index (κ3) is 4.34. The number of anilines is 1. The summed E-state index contributed by atoms with van der Waals surface area (Å²) in [6.07, 6.45) is 3.60. The molecule has 0 N–H and O–H groups in total. The zero-order valence-corrected chi connectivity index (χ0v) is 18.0. The molecular formula is C22H32N4OS. The number of para-hydroxylation sites is 2. The summed E-state index contributed by atoms with van der Waals surface area (Å²) in [5.41, 5.74) is 4.59. The lowest BCUT2D eigenvalue weighted by Crippen LogP contribution is -2.50.